The van der Waals surface area contributed by atoms with Crippen LogP contribution in [0.15, 0.2) is 30.3 Å². The molecular weight excluding hydrogens is 196 g/mol. The lowest BCUT2D eigenvalue weighted by Gasteiger charge is -2.35. The van der Waals surface area contributed by atoms with Crippen LogP contribution in [-0.4, -0.2) is 40.2 Å². The lowest BCUT2D eigenvalue weighted by Crippen LogP contribution is -2.48. The van der Waals surface area contributed by atoms with Gasteiger partial charge in [-0.1, -0.05) is 30.3 Å². The quantitative estimate of drug-likeness (QED) is 0.602. The molecule has 0 aliphatic carbocycles. The Balaban J connectivity index is 2.17. The first-order valence-corrected chi connectivity index (χ1v) is 4.91. The summed E-state index contributed by atoms with van der Waals surface area (Å²) in [6, 6.07) is 9.17. The smallest absolute Gasteiger partial charge is 0.113 e. The van der Waals surface area contributed by atoms with Gasteiger partial charge < -0.3 is 20.1 Å². The van der Waals surface area contributed by atoms with Crippen LogP contribution in [0.3, 0.4) is 0 Å². The number of rotatable bonds is 1. The van der Waals surface area contributed by atoms with Crippen LogP contribution in [0.5, 0.6) is 0 Å². The Morgan fingerprint density at radius 3 is 2.33 bits per heavy atom. The lowest BCUT2D eigenvalue weighted by molar-refractivity contribution is -0.189. The van der Waals surface area contributed by atoms with Crippen LogP contribution < -0.4 is 0 Å². The molecule has 1 heterocycles. The van der Waals surface area contributed by atoms with E-state index in [2.05, 4.69) is 0 Å². The second-order valence-corrected chi connectivity index (χ2v) is 3.71. The molecule has 0 amide bonds. The monoisotopic (exact) mass is 210 g/mol. The molecule has 0 aromatic heterocycles. The summed E-state index contributed by atoms with van der Waals surface area (Å²) in [4.78, 5) is 0. The zero-order valence-electron chi connectivity index (χ0n) is 8.15. The number of aliphatic hydroxyl groups is 3. The van der Waals surface area contributed by atoms with Crippen LogP contribution in [0.25, 0.3) is 0 Å². The predicted molar refractivity (Wildman–Crippen MR) is 53.2 cm³/mol. The van der Waals surface area contributed by atoms with Crippen molar-refractivity contribution in [2.45, 2.75) is 24.4 Å². The minimum atomic E-state index is -1.15. The van der Waals surface area contributed by atoms with Crippen molar-refractivity contribution in [3.63, 3.8) is 0 Å². The van der Waals surface area contributed by atoms with E-state index < -0.39 is 24.4 Å². The predicted octanol–water partition coefficient (Wildman–Crippen LogP) is -0.159. The molecule has 3 N–H and O–H groups in total. The molecule has 0 saturated carbocycles. The van der Waals surface area contributed by atoms with Gasteiger partial charge in [0.25, 0.3) is 0 Å². The van der Waals surface area contributed by atoms with Gasteiger partial charge in [0.2, 0.25) is 0 Å². The summed E-state index contributed by atoms with van der Waals surface area (Å²) in [7, 11) is 0. The largest absolute Gasteiger partial charge is 0.388 e. The molecule has 0 spiro atoms. The van der Waals surface area contributed by atoms with Crippen molar-refractivity contribution in [3.05, 3.63) is 35.9 Å². The van der Waals surface area contributed by atoms with Crippen molar-refractivity contribution in [1.82, 2.24) is 0 Å². The molecule has 1 saturated heterocycles. The average molecular weight is 210 g/mol. The first kappa shape index (κ1) is 10.6. The number of hydrogen-bond acceptors (Lipinski definition) is 4. The van der Waals surface area contributed by atoms with Gasteiger partial charge in [0, 0.05) is 0 Å². The van der Waals surface area contributed by atoms with Crippen LogP contribution in [-0.2, 0) is 4.74 Å². The molecule has 4 heteroatoms. The molecule has 0 bridgehead atoms. The maximum absolute atomic E-state index is 9.73. The van der Waals surface area contributed by atoms with Crippen molar-refractivity contribution in [3.8, 4) is 0 Å². The van der Waals surface area contributed by atoms with Gasteiger partial charge in [0.05, 0.1) is 6.61 Å². The number of ether oxygens (including phenoxy) is 1. The molecule has 1 unspecified atom stereocenters. The molecule has 1 aromatic carbocycles. The van der Waals surface area contributed by atoms with E-state index in [1.807, 2.05) is 30.3 Å². The topological polar surface area (TPSA) is 69.9 Å². The normalized spacial score (nSPS) is 36.5. The van der Waals surface area contributed by atoms with Gasteiger partial charge in [-0.05, 0) is 5.56 Å². The van der Waals surface area contributed by atoms with E-state index in [1.54, 1.807) is 0 Å². The Labute approximate surface area is 87.7 Å². The van der Waals surface area contributed by atoms with Crippen LogP contribution in [0, 0.1) is 0 Å². The molecule has 82 valence electrons. The van der Waals surface area contributed by atoms with Crippen molar-refractivity contribution in [2.75, 3.05) is 6.61 Å². The first-order chi connectivity index (χ1) is 7.20. The minimum Gasteiger partial charge on any atom is -0.388 e. The Hall–Kier alpha value is -0.940. The van der Waals surface area contributed by atoms with Crippen molar-refractivity contribution in [2.24, 2.45) is 0 Å². The Bertz CT molecular complexity index is 314. The first-order valence-electron chi connectivity index (χ1n) is 4.91. The zero-order valence-corrected chi connectivity index (χ0v) is 8.15. The molecule has 1 fully saturated rings. The van der Waals surface area contributed by atoms with Crippen molar-refractivity contribution < 1.29 is 20.1 Å². The van der Waals surface area contributed by atoms with E-state index in [0.29, 0.717) is 0 Å². The van der Waals surface area contributed by atoms with Crippen LogP contribution in [0.2, 0.25) is 0 Å². The second kappa shape index (κ2) is 4.28. The Kier molecular flexibility index (Phi) is 3.02. The maximum atomic E-state index is 9.73. The van der Waals surface area contributed by atoms with Gasteiger partial charge >= 0.3 is 0 Å². The molecule has 1 aromatic rings. The summed E-state index contributed by atoms with van der Waals surface area (Å²) < 4.78 is 5.30. The summed E-state index contributed by atoms with van der Waals surface area (Å²) in [5.41, 5.74) is 0.802. The van der Waals surface area contributed by atoms with Crippen molar-refractivity contribution >= 4 is 0 Å². The van der Waals surface area contributed by atoms with Crippen LogP contribution in [0.4, 0.5) is 0 Å². The summed E-state index contributed by atoms with van der Waals surface area (Å²) in [5, 5.41) is 28.5. The van der Waals surface area contributed by atoms with Gasteiger partial charge in [-0.3, -0.25) is 0 Å². The fourth-order valence-electron chi connectivity index (χ4n) is 1.74. The summed E-state index contributed by atoms with van der Waals surface area (Å²) >= 11 is 0. The van der Waals surface area contributed by atoms with Gasteiger partial charge in [0.1, 0.15) is 24.4 Å². The third-order valence-electron chi connectivity index (χ3n) is 2.63. The number of aliphatic hydroxyl groups excluding tert-OH is 3. The Morgan fingerprint density at radius 2 is 1.67 bits per heavy atom. The minimum absolute atomic E-state index is 0.0395. The van der Waals surface area contributed by atoms with E-state index in [4.69, 9.17) is 4.74 Å². The van der Waals surface area contributed by atoms with Gasteiger partial charge in [-0.25, -0.2) is 0 Å². The lowest BCUT2D eigenvalue weighted by atomic mass is 9.95. The highest BCUT2D eigenvalue weighted by atomic mass is 16.5. The van der Waals surface area contributed by atoms with Crippen molar-refractivity contribution in [1.29, 1.82) is 0 Å². The third-order valence-corrected chi connectivity index (χ3v) is 2.63. The molecule has 4 atom stereocenters. The highest BCUT2D eigenvalue weighted by Crippen LogP contribution is 2.28. The van der Waals surface area contributed by atoms with E-state index in [9.17, 15) is 15.3 Å². The molecule has 1 aliphatic heterocycles. The fraction of sp³-hybridized carbons (Fsp3) is 0.455. The fourth-order valence-corrected chi connectivity index (χ4v) is 1.74. The molecular formula is C11H14O4. The number of hydrogen-bond donors (Lipinski definition) is 3. The highest BCUT2D eigenvalue weighted by molar-refractivity contribution is 5.19. The van der Waals surface area contributed by atoms with E-state index in [0.717, 1.165) is 5.56 Å². The summed E-state index contributed by atoms with van der Waals surface area (Å²) in [6.07, 6.45) is -3.82. The molecule has 15 heavy (non-hydrogen) atoms. The Morgan fingerprint density at radius 1 is 1.00 bits per heavy atom. The average Bonchev–Trinajstić information content (AvgIpc) is 2.27. The molecule has 2 rings (SSSR count). The second-order valence-electron chi connectivity index (χ2n) is 3.71. The molecule has 1 aliphatic rings. The molecule has 4 nitrogen and oxygen atoms in total. The van der Waals surface area contributed by atoms with Gasteiger partial charge in [-0.15, -0.1) is 0 Å². The van der Waals surface area contributed by atoms with E-state index in [-0.39, 0.29) is 6.61 Å². The maximum Gasteiger partial charge on any atom is 0.113 e. The van der Waals surface area contributed by atoms with Gasteiger partial charge in [0.15, 0.2) is 0 Å². The SMILES string of the molecule is O[C@H]1[C@H](O)COC(c2ccccc2)[C@@H]1O. The number of benzene rings is 1. The highest BCUT2D eigenvalue weighted by Gasteiger charge is 2.37. The van der Waals surface area contributed by atoms with Crippen LogP contribution >= 0.6 is 0 Å². The summed E-state index contributed by atoms with van der Waals surface area (Å²) in [5.74, 6) is 0. The zero-order chi connectivity index (χ0) is 10.8. The van der Waals surface area contributed by atoms with Gasteiger partial charge in [-0.2, -0.15) is 0 Å². The third kappa shape index (κ3) is 2.03. The van der Waals surface area contributed by atoms with E-state index >= 15 is 0 Å². The molecule has 0 radical (unpaired) electrons. The standard InChI is InChI=1S/C11H14O4/c12-8-6-15-11(10(14)9(8)13)7-4-2-1-3-5-7/h1-5,8-14H,6H2/t8-,9+,10-,11?/m1/s1. The summed E-state index contributed by atoms with van der Waals surface area (Å²) in [6.45, 7) is 0.0395. The van der Waals surface area contributed by atoms with Crippen LogP contribution in [0.1, 0.15) is 11.7 Å². The van der Waals surface area contributed by atoms with E-state index in [1.165, 1.54) is 0 Å².